The van der Waals surface area contributed by atoms with Crippen molar-refractivity contribution in [1.29, 1.82) is 0 Å². The van der Waals surface area contributed by atoms with Crippen molar-refractivity contribution in [1.82, 2.24) is 4.90 Å². The predicted molar refractivity (Wildman–Crippen MR) is 131 cm³/mol. The lowest BCUT2D eigenvalue weighted by molar-refractivity contribution is -0.152. The van der Waals surface area contributed by atoms with Gasteiger partial charge in [0.25, 0.3) is 0 Å². The van der Waals surface area contributed by atoms with Gasteiger partial charge in [-0.3, -0.25) is 4.79 Å². The third kappa shape index (κ3) is 4.21. The number of hydrogen-bond acceptors (Lipinski definition) is 3. The van der Waals surface area contributed by atoms with E-state index in [0.29, 0.717) is 38.3 Å². The summed E-state index contributed by atoms with van der Waals surface area (Å²) in [6.07, 6.45) is 0.628. The zero-order valence-electron chi connectivity index (χ0n) is 20.8. The molecule has 0 aliphatic carbocycles. The Labute approximate surface area is 201 Å². The maximum Gasteiger partial charge on any atom is 0.227 e. The minimum absolute atomic E-state index is 0.0508. The van der Waals surface area contributed by atoms with Gasteiger partial charge in [-0.1, -0.05) is 65.0 Å². The molecule has 0 spiro atoms. The summed E-state index contributed by atoms with van der Waals surface area (Å²) in [7, 11) is 0. The van der Waals surface area contributed by atoms with Crippen LogP contribution >= 0.6 is 0 Å². The number of aliphatic hydroxyl groups is 1. The number of likely N-dealkylation sites (tertiary alicyclic amines) is 1. The molecule has 184 valence electrons. The minimum Gasteiger partial charge on any atom is -0.384 e. The first-order valence-corrected chi connectivity index (χ1v) is 12.2. The number of hydrogen-bond donors (Lipinski definition) is 1. The van der Waals surface area contributed by atoms with Gasteiger partial charge in [0.05, 0.1) is 17.2 Å². The Balaban J connectivity index is 1.48. The lowest BCUT2D eigenvalue weighted by atomic mass is 9.70. The average molecular weight is 471 g/mol. The number of rotatable bonds is 3. The highest BCUT2D eigenvalue weighted by molar-refractivity contribution is 5.80. The van der Waals surface area contributed by atoms with E-state index in [-0.39, 0.29) is 29.2 Å². The lowest BCUT2D eigenvalue weighted by Gasteiger charge is -2.48. The number of benzene rings is 2. The van der Waals surface area contributed by atoms with Gasteiger partial charge in [0.2, 0.25) is 5.91 Å². The zero-order chi connectivity index (χ0) is 24.8. The molecule has 0 aromatic heterocycles. The van der Waals surface area contributed by atoms with Crippen LogP contribution in [0.5, 0.6) is 0 Å². The molecule has 34 heavy (non-hydrogen) atoms. The second kappa shape index (κ2) is 8.95. The Hall–Kier alpha value is -2.47. The van der Waals surface area contributed by atoms with Gasteiger partial charge in [0, 0.05) is 43.6 Å². The smallest absolute Gasteiger partial charge is 0.227 e. The van der Waals surface area contributed by atoms with Crippen molar-refractivity contribution in [2.75, 3.05) is 31.1 Å². The quantitative estimate of drug-likeness (QED) is 0.680. The molecule has 4 nitrogen and oxygen atoms in total. The molecule has 1 amide bonds. The van der Waals surface area contributed by atoms with Crippen molar-refractivity contribution >= 4 is 11.6 Å². The molecule has 2 saturated heterocycles. The SMILES string of the molecule is CC1CN(C(=O)C2CCN(c3ccc(F)c(C(C)(C)C)c3F)C2)CC(C)C1(O)c1ccccc1. The van der Waals surface area contributed by atoms with Gasteiger partial charge in [-0.05, 0) is 29.5 Å². The van der Waals surface area contributed by atoms with Gasteiger partial charge >= 0.3 is 0 Å². The Morgan fingerprint density at radius 3 is 2.21 bits per heavy atom. The first kappa shape index (κ1) is 24.6. The molecule has 2 fully saturated rings. The number of carbonyl (C=O) groups is 1. The van der Waals surface area contributed by atoms with E-state index in [4.69, 9.17) is 0 Å². The summed E-state index contributed by atoms with van der Waals surface area (Å²) in [5.41, 5.74) is -0.315. The first-order chi connectivity index (χ1) is 15.9. The normalized spacial score (nSPS) is 27.8. The zero-order valence-corrected chi connectivity index (χ0v) is 20.8. The second-order valence-corrected chi connectivity index (χ2v) is 11.2. The van der Waals surface area contributed by atoms with Crippen LogP contribution in [0.1, 0.15) is 52.2 Å². The number of amides is 1. The van der Waals surface area contributed by atoms with E-state index in [1.165, 1.54) is 12.1 Å². The van der Waals surface area contributed by atoms with E-state index in [0.717, 1.165) is 5.56 Å². The van der Waals surface area contributed by atoms with Crippen LogP contribution in [0.15, 0.2) is 42.5 Å². The number of carbonyl (C=O) groups excluding carboxylic acids is 1. The molecule has 2 aliphatic heterocycles. The molecule has 2 heterocycles. The fourth-order valence-electron chi connectivity index (χ4n) is 5.87. The van der Waals surface area contributed by atoms with Gasteiger partial charge in [0.15, 0.2) is 5.82 Å². The molecule has 3 unspecified atom stereocenters. The Morgan fingerprint density at radius 1 is 1.00 bits per heavy atom. The number of piperidine rings is 1. The topological polar surface area (TPSA) is 43.8 Å². The van der Waals surface area contributed by atoms with Crippen molar-refractivity contribution < 1.29 is 18.7 Å². The van der Waals surface area contributed by atoms with Gasteiger partial charge in [-0.2, -0.15) is 0 Å². The van der Waals surface area contributed by atoms with Crippen LogP contribution in [0.25, 0.3) is 0 Å². The summed E-state index contributed by atoms with van der Waals surface area (Å²) in [5.74, 6) is -1.51. The van der Waals surface area contributed by atoms with Crippen molar-refractivity contribution in [3.05, 3.63) is 65.2 Å². The molecular formula is C28H36F2N2O2. The Kier molecular flexibility index (Phi) is 6.49. The van der Waals surface area contributed by atoms with E-state index in [9.17, 15) is 14.3 Å². The Bertz CT molecular complexity index is 1040. The third-order valence-electron chi connectivity index (χ3n) is 7.74. The maximum atomic E-state index is 15.3. The summed E-state index contributed by atoms with van der Waals surface area (Å²) in [4.78, 5) is 17.2. The van der Waals surface area contributed by atoms with Gasteiger partial charge in [-0.25, -0.2) is 8.78 Å². The highest BCUT2D eigenvalue weighted by Gasteiger charge is 2.47. The van der Waals surface area contributed by atoms with Crippen LogP contribution in [-0.2, 0) is 15.8 Å². The second-order valence-electron chi connectivity index (χ2n) is 11.2. The Morgan fingerprint density at radius 2 is 1.62 bits per heavy atom. The van der Waals surface area contributed by atoms with Crippen molar-refractivity contribution in [2.24, 2.45) is 17.8 Å². The predicted octanol–water partition coefficient (Wildman–Crippen LogP) is 5.09. The van der Waals surface area contributed by atoms with Crippen LogP contribution in [0.4, 0.5) is 14.5 Å². The number of anilines is 1. The maximum absolute atomic E-state index is 15.3. The first-order valence-electron chi connectivity index (χ1n) is 12.2. The van der Waals surface area contributed by atoms with E-state index in [2.05, 4.69) is 0 Å². The molecule has 3 atom stereocenters. The van der Waals surface area contributed by atoms with Crippen LogP contribution in [-0.4, -0.2) is 42.1 Å². The summed E-state index contributed by atoms with van der Waals surface area (Å²) >= 11 is 0. The number of nitrogens with zero attached hydrogens (tertiary/aromatic N) is 2. The van der Waals surface area contributed by atoms with Crippen molar-refractivity contribution in [3.8, 4) is 0 Å². The molecule has 2 aliphatic rings. The van der Waals surface area contributed by atoms with E-state index in [1.807, 2.05) is 54.0 Å². The van der Waals surface area contributed by atoms with E-state index >= 15 is 4.39 Å². The van der Waals surface area contributed by atoms with Crippen molar-refractivity contribution in [2.45, 2.75) is 52.1 Å². The van der Waals surface area contributed by atoms with Crippen LogP contribution in [0.2, 0.25) is 0 Å². The van der Waals surface area contributed by atoms with Gasteiger partial charge in [-0.15, -0.1) is 0 Å². The van der Waals surface area contributed by atoms with Crippen LogP contribution in [0.3, 0.4) is 0 Å². The number of halogens is 2. The molecule has 1 N–H and O–H groups in total. The average Bonchev–Trinajstić information content (AvgIpc) is 3.26. The molecule has 4 rings (SSSR count). The summed E-state index contributed by atoms with van der Waals surface area (Å²) < 4.78 is 29.7. The third-order valence-corrected chi connectivity index (χ3v) is 7.74. The molecule has 2 aromatic rings. The van der Waals surface area contributed by atoms with Crippen molar-refractivity contribution in [3.63, 3.8) is 0 Å². The van der Waals surface area contributed by atoms with Gasteiger partial charge in [0.1, 0.15) is 5.82 Å². The van der Waals surface area contributed by atoms with E-state index < -0.39 is 22.7 Å². The highest BCUT2D eigenvalue weighted by atomic mass is 19.1. The lowest BCUT2D eigenvalue weighted by Crippen LogP contribution is -2.56. The summed E-state index contributed by atoms with van der Waals surface area (Å²) in [6, 6.07) is 12.5. The molecular weight excluding hydrogens is 434 g/mol. The van der Waals surface area contributed by atoms with Gasteiger partial charge < -0.3 is 14.9 Å². The van der Waals surface area contributed by atoms with Crippen LogP contribution in [0, 0.1) is 29.4 Å². The summed E-state index contributed by atoms with van der Waals surface area (Å²) in [5, 5.41) is 11.6. The summed E-state index contributed by atoms with van der Waals surface area (Å²) in [6.45, 7) is 11.3. The fourth-order valence-corrected chi connectivity index (χ4v) is 5.87. The molecule has 2 aromatic carbocycles. The van der Waals surface area contributed by atoms with E-state index in [1.54, 1.807) is 20.8 Å². The minimum atomic E-state index is -0.986. The molecule has 0 saturated carbocycles. The van der Waals surface area contributed by atoms with Crippen LogP contribution < -0.4 is 4.90 Å². The molecule has 0 radical (unpaired) electrons. The largest absolute Gasteiger partial charge is 0.384 e. The standard InChI is InChI=1S/C28H36F2N2O2/c1-18-15-32(16-19(2)28(18,34)21-9-7-6-8-10-21)26(33)20-13-14-31(17-20)23-12-11-22(29)24(25(23)30)27(3,4)5/h6-12,18-20,34H,13-17H2,1-5H3. The molecule has 6 heteroatoms. The monoisotopic (exact) mass is 470 g/mol. The fraction of sp³-hybridized carbons (Fsp3) is 0.536. The molecule has 0 bridgehead atoms. The highest BCUT2D eigenvalue weighted by Crippen LogP contribution is 2.42.